The van der Waals surface area contributed by atoms with Crippen molar-refractivity contribution < 1.29 is 41.7 Å². The van der Waals surface area contributed by atoms with Crippen molar-refractivity contribution in [1.29, 1.82) is 0 Å². The fraction of sp³-hybridized carbons (Fsp3) is 0.370. The maximum Gasteiger partial charge on any atom is 0.419 e. The van der Waals surface area contributed by atoms with E-state index in [-0.39, 0.29) is 23.6 Å². The largest absolute Gasteiger partial charge is 0.476 e. The number of carboxylic acids is 1. The van der Waals surface area contributed by atoms with Crippen molar-refractivity contribution in [3.8, 4) is 5.88 Å². The predicted molar refractivity (Wildman–Crippen MR) is 130 cm³/mol. The topological polar surface area (TPSA) is 103 Å². The van der Waals surface area contributed by atoms with Gasteiger partial charge in [-0.15, -0.1) is 0 Å². The smallest absolute Gasteiger partial charge is 0.419 e. The maximum atomic E-state index is 14.4. The zero-order chi connectivity index (χ0) is 28.0. The van der Waals surface area contributed by atoms with Crippen LogP contribution in [0.15, 0.2) is 54.6 Å². The van der Waals surface area contributed by atoms with Crippen LogP contribution in [0.3, 0.4) is 0 Å². The van der Waals surface area contributed by atoms with E-state index in [1.807, 2.05) is 30.3 Å². The Morgan fingerprint density at radius 2 is 1.79 bits per heavy atom. The summed E-state index contributed by atoms with van der Waals surface area (Å²) in [4.78, 5) is 24.4. The molecule has 0 saturated heterocycles. The van der Waals surface area contributed by atoms with Crippen molar-refractivity contribution in [3.63, 3.8) is 0 Å². The van der Waals surface area contributed by atoms with Crippen LogP contribution in [0.5, 0.6) is 5.88 Å². The standard InChI is InChI=1S/C27H27F4N3O5/c28-25-18(9-6-10-19(25)27(29,30)31)16-39-24-13-21(26(36)37)33-34(24)14-23(35)32-20-11-4-5-12-22(20)38-15-17-7-2-1-3-8-17/h1-3,6-10,13,20,22H,4-5,11-12,14-16H2,(H,32,35)(H,36,37). The Labute approximate surface area is 221 Å². The summed E-state index contributed by atoms with van der Waals surface area (Å²) in [6, 6.07) is 13.1. The number of nitrogens with one attached hydrogen (secondary N) is 1. The lowest BCUT2D eigenvalue weighted by Crippen LogP contribution is -2.47. The van der Waals surface area contributed by atoms with Crippen LogP contribution >= 0.6 is 0 Å². The Morgan fingerprint density at radius 3 is 2.51 bits per heavy atom. The molecule has 1 saturated carbocycles. The SMILES string of the molecule is O=C(Cn1nc(C(=O)O)cc1OCc1cccc(C(F)(F)F)c1F)NC1CCCCC1OCc1ccccc1. The summed E-state index contributed by atoms with van der Waals surface area (Å²) in [6.07, 6.45) is -1.79. The van der Waals surface area contributed by atoms with Crippen molar-refractivity contribution in [2.45, 2.75) is 63.8 Å². The molecular formula is C27H27F4N3O5. The Bertz CT molecular complexity index is 1300. The molecule has 208 valence electrons. The number of nitrogens with zero attached hydrogens (tertiary/aromatic N) is 2. The summed E-state index contributed by atoms with van der Waals surface area (Å²) < 4.78 is 66.0. The lowest BCUT2D eigenvalue weighted by molar-refractivity contribution is -0.140. The minimum absolute atomic E-state index is 0.208. The minimum atomic E-state index is -4.89. The Morgan fingerprint density at radius 1 is 1.05 bits per heavy atom. The molecular weight excluding hydrogens is 522 g/mol. The van der Waals surface area contributed by atoms with Gasteiger partial charge in [0.05, 0.1) is 24.3 Å². The van der Waals surface area contributed by atoms with E-state index in [4.69, 9.17) is 9.47 Å². The molecule has 2 N–H and O–H groups in total. The molecule has 2 atom stereocenters. The number of aromatic nitrogens is 2. The molecule has 1 aliphatic carbocycles. The van der Waals surface area contributed by atoms with Crippen LogP contribution in [0.4, 0.5) is 17.6 Å². The average molecular weight is 550 g/mol. The van der Waals surface area contributed by atoms with E-state index in [2.05, 4.69) is 10.4 Å². The molecule has 2 unspecified atom stereocenters. The molecule has 1 aromatic heterocycles. The second kappa shape index (κ2) is 12.3. The van der Waals surface area contributed by atoms with Gasteiger partial charge in [-0.05, 0) is 24.5 Å². The Kier molecular flexibility index (Phi) is 8.85. The van der Waals surface area contributed by atoms with Gasteiger partial charge in [-0.3, -0.25) is 4.79 Å². The molecule has 1 aliphatic rings. The summed E-state index contributed by atoms with van der Waals surface area (Å²) in [5.41, 5.74) is -1.27. The average Bonchev–Trinajstić information content (AvgIpc) is 3.30. The highest BCUT2D eigenvalue weighted by Gasteiger charge is 2.35. The molecule has 0 spiro atoms. The Hall–Kier alpha value is -3.93. The first-order chi connectivity index (χ1) is 18.6. The maximum absolute atomic E-state index is 14.4. The monoisotopic (exact) mass is 549 g/mol. The summed E-state index contributed by atoms with van der Waals surface area (Å²) in [5, 5.41) is 16.1. The number of rotatable bonds is 10. The number of amides is 1. The number of benzene rings is 2. The second-order valence-electron chi connectivity index (χ2n) is 9.19. The number of halogens is 4. The van der Waals surface area contributed by atoms with Crippen LogP contribution in [0.2, 0.25) is 0 Å². The van der Waals surface area contributed by atoms with E-state index in [1.54, 1.807) is 0 Å². The molecule has 0 radical (unpaired) electrons. The third kappa shape index (κ3) is 7.34. The van der Waals surface area contributed by atoms with Gasteiger partial charge >= 0.3 is 12.1 Å². The van der Waals surface area contributed by atoms with Gasteiger partial charge in [0.15, 0.2) is 5.69 Å². The number of aromatic carboxylic acids is 1. The highest BCUT2D eigenvalue weighted by molar-refractivity contribution is 5.85. The number of carbonyl (C=O) groups excluding carboxylic acids is 1. The van der Waals surface area contributed by atoms with Crippen molar-refractivity contribution >= 4 is 11.9 Å². The normalized spacial score (nSPS) is 17.5. The first-order valence-corrected chi connectivity index (χ1v) is 12.3. The van der Waals surface area contributed by atoms with Crippen molar-refractivity contribution in [1.82, 2.24) is 15.1 Å². The van der Waals surface area contributed by atoms with E-state index in [9.17, 15) is 32.3 Å². The summed E-state index contributed by atoms with van der Waals surface area (Å²) in [7, 11) is 0. The lowest BCUT2D eigenvalue weighted by atomic mass is 9.92. The fourth-order valence-electron chi connectivity index (χ4n) is 4.42. The van der Waals surface area contributed by atoms with Gasteiger partial charge in [0.25, 0.3) is 0 Å². The van der Waals surface area contributed by atoms with Gasteiger partial charge in [-0.2, -0.15) is 18.3 Å². The molecule has 0 bridgehead atoms. The first kappa shape index (κ1) is 28.1. The zero-order valence-corrected chi connectivity index (χ0v) is 20.8. The van der Waals surface area contributed by atoms with Gasteiger partial charge in [0, 0.05) is 11.6 Å². The molecule has 1 amide bonds. The highest BCUT2D eigenvalue weighted by atomic mass is 19.4. The molecule has 4 rings (SSSR count). The summed E-state index contributed by atoms with van der Waals surface area (Å²) in [6.45, 7) is -0.668. The van der Waals surface area contributed by atoms with Gasteiger partial charge in [-0.1, -0.05) is 55.3 Å². The number of alkyl halides is 3. The van der Waals surface area contributed by atoms with Crippen LogP contribution in [0.25, 0.3) is 0 Å². The van der Waals surface area contributed by atoms with Crippen LogP contribution in [-0.2, 0) is 35.5 Å². The number of hydrogen-bond donors (Lipinski definition) is 2. The molecule has 0 aliphatic heterocycles. The quantitative estimate of drug-likeness (QED) is 0.347. The third-order valence-corrected chi connectivity index (χ3v) is 6.37. The van der Waals surface area contributed by atoms with E-state index in [0.29, 0.717) is 19.1 Å². The number of carbonyl (C=O) groups is 2. The molecule has 1 fully saturated rings. The number of hydrogen-bond acceptors (Lipinski definition) is 5. The van der Waals surface area contributed by atoms with Crippen LogP contribution in [0, 0.1) is 5.82 Å². The summed E-state index contributed by atoms with van der Waals surface area (Å²) in [5.74, 6) is -3.58. The molecule has 8 nitrogen and oxygen atoms in total. The van der Waals surface area contributed by atoms with E-state index in [0.717, 1.165) is 47.7 Å². The number of carboxylic acid groups (broad SMARTS) is 1. The van der Waals surface area contributed by atoms with E-state index in [1.165, 1.54) is 0 Å². The zero-order valence-electron chi connectivity index (χ0n) is 20.8. The lowest BCUT2D eigenvalue weighted by Gasteiger charge is -2.32. The molecule has 3 aromatic rings. The van der Waals surface area contributed by atoms with Crippen LogP contribution < -0.4 is 10.1 Å². The van der Waals surface area contributed by atoms with Gasteiger partial charge < -0.3 is 19.9 Å². The van der Waals surface area contributed by atoms with Gasteiger partial charge in [0.2, 0.25) is 11.8 Å². The highest BCUT2D eigenvalue weighted by Crippen LogP contribution is 2.32. The fourth-order valence-corrected chi connectivity index (χ4v) is 4.42. The van der Waals surface area contributed by atoms with Crippen molar-refractivity contribution in [3.05, 3.63) is 82.8 Å². The molecule has 39 heavy (non-hydrogen) atoms. The molecule has 2 aromatic carbocycles. The van der Waals surface area contributed by atoms with E-state index < -0.39 is 48.3 Å². The first-order valence-electron chi connectivity index (χ1n) is 12.3. The number of ether oxygens (including phenoxy) is 2. The Balaban J connectivity index is 1.42. The minimum Gasteiger partial charge on any atom is -0.476 e. The third-order valence-electron chi connectivity index (χ3n) is 6.37. The van der Waals surface area contributed by atoms with Crippen molar-refractivity contribution in [2.24, 2.45) is 0 Å². The van der Waals surface area contributed by atoms with Gasteiger partial charge in [0.1, 0.15) is 19.0 Å². The molecule has 1 heterocycles. The summed E-state index contributed by atoms with van der Waals surface area (Å²) >= 11 is 0. The van der Waals surface area contributed by atoms with Crippen molar-refractivity contribution in [2.75, 3.05) is 0 Å². The predicted octanol–water partition coefficient (Wildman–Crippen LogP) is 4.96. The molecule has 12 heteroatoms. The van der Waals surface area contributed by atoms with Gasteiger partial charge in [-0.25, -0.2) is 13.9 Å². The van der Waals surface area contributed by atoms with Crippen LogP contribution in [0.1, 0.15) is 52.9 Å². The second-order valence-corrected chi connectivity index (χ2v) is 9.19. The van der Waals surface area contributed by atoms with E-state index >= 15 is 0 Å². The van der Waals surface area contributed by atoms with Crippen LogP contribution in [-0.4, -0.2) is 38.9 Å².